The summed E-state index contributed by atoms with van der Waals surface area (Å²) in [6.45, 7) is -0.534. The molecule has 0 amide bonds. The molecule has 0 saturated heterocycles. The van der Waals surface area contributed by atoms with Crippen molar-refractivity contribution in [1.29, 1.82) is 0 Å². The van der Waals surface area contributed by atoms with Gasteiger partial charge in [-0.2, -0.15) is 0 Å². The van der Waals surface area contributed by atoms with Gasteiger partial charge in [-0.1, -0.05) is 37.8 Å². The molecule has 0 fully saturated rings. The number of allylic oxidation sites excluding steroid dienone is 2. The van der Waals surface area contributed by atoms with Crippen LogP contribution < -0.4 is 0 Å². The molecule has 0 aliphatic heterocycles. The predicted octanol–water partition coefficient (Wildman–Crippen LogP) is 3.20. The Balaban J connectivity index is 3.26. The van der Waals surface area contributed by atoms with E-state index in [4.69, 9.17) is 20.1 Å². The van der Waals surface area contributed by atoms with E-state index >= 15 is 0 Å². The number of hydrogen-bond donors (Lipinski definition) is 3. The molecule has 146 valence electrons. The van der Waals surface area contributed by atoms with E-state index in [1.165, 1.54) is 0 Å². The minimum atomic E-state index is -0.984. The van der Waals surface area contributed by atoms with Crippen molar-refractivity contribution in [1.82, 2.24) is 0 Å². The number of aliphatic hydroxyl groups excluding tert-OH is 2. The predicted molar refractivity (Wildman–Crippen MR) is 96.2 cm³/mol. The van der Waals surface area contributed by atoms with E-state index in [-0.39, 0.29) is 19.0 Å². The Labute approximate surface area is 150 Å². The fraction of sp³-hybridized carbons (Fsp3) is 0.789. The van der Waals surface area contributed by atoms with Crippen molar-refractivity contribution in [3.05, 3.63) is 12.2 Å². The first-order valence-electron chi connectivity index (χ1n) is 9.37. The average Bonchev–Trinajstić information content (AvgIpc) is 2.59. The van der Waals surface area contributed by atoms with Crippen LogP contribution in [-0.2, 0) is 14.3 Å². The van der Waals surface area contributed by atoms with Crippen molar-refractivity contribution in [2.45, 2.75) is 83.2 Å². The van der Waals surface area contributed by atoms with Crippen molar-refractivity contribution in [3.8, 4) is 0 Å². The molecule has 0 aromatic rings. The molecule has 0 heterocycles. The van der Waals surface area contributed by atoms with Crippen LogP contribution in [0.5, 0.6) is 0 Å². The molecule has 6 heteroatoms. The summed E-state index contributed by atoms with van der Waals surface area (Å²) in [6, 6.07) is 0. The van der Waals surface area contributed by atoms with E-state index in [0.29, 0.717) is 6.42 Å². The zero-order chi connectivity index (χ0) is 18.8. The standard InChI is InChI=1S/C19H34O6/c20-15-17(21)16-25-19(24)14-12-10-8-6-4-2-1-3-5-7-9-11-13-18(22)23/h1,3,17,20-21H,2,4-16H2,(H,22,23). The maximum atomic E-state index is 11.3. The molecular formula is C19H34O6. The Morgan fingerprint density at radius 1 is 0.840 bits per heavy atom. The molecule has 0 rings (SSSR count). The topological polar surface area (TPSA) is 104 Å². The minimum absolute atomic E-state index is 0.138. The van der Waals surface area contributed by atoms with Gasteiger partial charge in [-0.25, -0.2) is 0 Å². The monoisotopic (exact) mass is 358 g/mol. The highest BCUT2D eigenvalue weighted by molar-refractivity contribution is 5.69. The van der Waals surface area contributed by atoms with Gasteiger partial charge in [-0.05, 0) is 38.5 Å². The maximum absolute atomic E-state index is 11.3. The molecule has 0 aliphatic rings. The Hall–Kier alpha value is -1.40. The lowest BCUT2D eigenvalue weighted by Crippen LogP contribution is -2.21. The molecule has 0 aromatic heterocycles. The number of carboxylic acids is 1. The van der Waals surface area contributed by atoms with Gasteiger partial charge < -0.3 is 20.1 Å². The Morgan fingerprint density at radius 2 is 1.36 bits per heavy atom. The average molecular weight is 358 g/mol. The summed E-state index contributed by atoms with van der Waals surface area (Å²) in [5.41, 5.74) is 0. The fourth-order valence-electron chi connectivity index (χ4n) is 2.33. The number of aliphatic carboxylic acids is 1. The normalized spacial score (nSPS) is 12.4. The minimum Gasteiger partial charge on any atom is -0.481 e. The third kappa shape index (κ3) is 18.8. The highest BCUT2D eigenvalue weighted by atomic mass is 16.5. The second-order valence-corrected chi connectivity index (χ2v) is 6.29. The number of carboxylic acid groups (broad SMARTS) is 1. The highest BCUT2D eigenvalue weighted by Crippen LogP contribution is 2.09. The summed E-state index contributed by atoms with van der Waals surface area (Å²) >= 11 is 0. The van der Waals surface area contributed by atoms with Gasteiger partial charge >= 0.3 is 11.9 Å². The molecule has 25 heavy (non-hydrogen) atoms. The Bertz CT molecular complexity index is 367. The SMILES string of the molecule is O=C(O)CCCCCC=CCCCCCCCC(=O)OCC(O)CO. The second kappa shape index (κ2) is 17.4. The summed E-state index contributed by atoms with van der Waals surface area (Å²) in [4.78, 5) is 21.7. The lowest BCUT2D eigenvalue weighted by Gasteiger charge is -2.08. The molecule has 1 unspecified atom stereocenters. The Morgan fingerprint density at radius 3 is 1.96 bits per heavy atom. The number of hydrogen-bond acceptors (Lipinski definition) is 5. The summed E-state index contributed by atoms with van der Waals surface area (Å²) < 4.78 is 4.83. The summed E-state index contributed by atoms with van der Waals surface area (Å²) in [5, 5.41) is 26.2. The first-order chi connectivity index (χ1) is 12.1. The van der Waals surface area contributed by atoms with Crippen LogP contribution in [0.4, 0.5) is 0 Å². The van der Waals surface area contributed by atoms with Crippen LogP contribution in [0.1, 0.15) is 77.0 Å². The lowest BCUT2D eigenvalue weighted by molar-refractivity contribution is -0.147. The summed E-state index contributed by atoms with van der Waals surface area (Å²) in [6.07, 6.45) is 14.0. The molecule has 1 atom stereocenters. The lowest BCUT2D eigenvalue weighted by atomic mass is 10.1. The Kier molecular flexibility index (Phi) is 16.4. The molecule has 0 aliphatic carbocycles. The van der Waals surface area contributed by atoms with E-state index in [1.807, 2.05) is 0 Å². The number of carbonyl (C=O) groups excluding carboxylic acids is 1. The van der Waals surface area contributed by atoms with Gasteiger partial charge in [0.25, 0.3) is 0 Å². The summed E-state index contributed by atoms with van der Waals surface area (Å²) in [7, 11) is 0. The number of aliphatic hydroxyl groups is 2. The molecule has 0 radical (unpaired) electrons. The van der Waals surface area contributed by atoms with Crippen molar-refractivity contribution in [2.75, 3.05) is 13.2 Å². The largest absolute Gasteiger partial charge is 0.481 e. The summed E-state index contributed by atoms with van der Waals surface area (Å²) in [5.74, 6) is -1.04. The van der Waals surface area contributed by atoms with Crippen molar-refractivity contribution < 1.29 is 29.6 Å². The van der Waals surface area contributed by atoms with Gasteiger partial charge in [0.15, 0.2) is 0 Å². The van der Waals surface area contributed by atoms with Gasteiger partial charge in [-0.3, -0.25) is 9.59 Å². The van der Waals surface area contributed by atoms with E-state index in [0.717, 1.165) is 64.2 Å². The number of rotatable bonds is 17. The highest BCUT2D eigenvalue weighted by Gasteiger charge is 2.07. The van der Waals surface area contributed by atoms with E-state index < -0.39 is 18.7 Å². The molecule has 0 spiro atoms. The van der Waals surface area contributed by atoms with Gasteiger partial charge in [0.1, 0.15) is 12.7 Å². The third-order valence-corrected chi connectivity index (χ3v) is 3.83. The molecule has 0 bridgehead atoms. The second-order valence-electron chi connectivity index (χ2n) is 6.29. The van der Waals surface area contributed by atoms with Crippen LogP contribution in [0.3, 0.4) is 0 Å². The van der Waals surface area contributed by atoms with E-state index in [2.05, 4.69) is 12.2 Å². The van der Waals surface area contributed by atoms with Gasteiger partial charge in [0.05, 0.1) is 6.61 Å². The van der Waals surface area contributed by atoms with Crippen molar-refractivity contribution in [2.24, 2.45) is 0 Å². The molecule has 6 nitrogen and oxygen atoms in total. The zero-order valence-electron chi connectivity index (χ0n) is 15.2. The van der Waals surface area contributed by atoms with E-state index in [1.54, 1.807) is 0 Å². The van der Waals surface area contributed by atoms with Gasteiger partial charge in [0.2, 0.25) is 0 Å². The van der Waals surface area contributed by atoms with Crippen LogP contribution in [-0.4, -0.2) is 46.6 Å². The van der Waals surface area contributed by atoms with Crippen molar-refractivity contribution in [3.63, 3.8) is 0 Å². The van der Waals surface area contributed by atoms with Crippen LogP contribution in [0.25, 0.3) is 0 Å². The zero-order valence-corrected chi connectivity index (χ0v) is 15.2. The number of ether oxygens (including phenoxy) is 1. The maximum Gasteiger partial charge on any atom is 0.305 e. The van der Waals surface area contributed by atoms with E-state index in [9.17, 15) is 9.59 Å². The van der Waals surface area contributed by atoms with Gasteiger partial charge in [-0.15, -0.1) is 0 Å². The smallest absolute Gasteiger partial charge is 0.305 e. The van der Waals surface area contributed by atoms with Crippen LogP contribution in [0, 0.1) is 0 Å². The molecular weight excluding hydrogens is 324 g/mol. The first-order valence-corrected chi connectivity index (χ1v) is 9.37. The van der Waals surface area contributed by atoms with Crippen LogP contribution in [0.15, 0.2) is 12.2 Å². The first kappa shape index (κ1) is 23.6. The molecule has 0 aromatic carbocycles. The third-order valence-electron chi connectivity index (χ3n) is 3.83. The quantitative estimate of drug-likeness (QED) is 0.209. The number of unbranched alkanes of at least 4 members (excludes halogenated alkanes) is 8. The number of esters is 1. The van der Waals surface area contributed by atoms with Crippen LogP contribution >= 0.6 is 0 Å². The number of carbonyl (C=O) groups is 2. The van der Waals surface area contributed by atoms with Gasteiger partial charge in [0, 0.05) is 12.8 Å². The fourth-order valence-corrected chi connectivity index (χ4v) is 2.33. The molecule has 0 saturated carbocycles. The molecule has 3 N–H and O–H groups in total. The van der Waals surface area contributed by atoms with Crippen LogP contribution in [0.2, 0.25) is 0 Å². The van der Waals surface area contributed by atoms with Crippen molar-refractivity contribution >= 4 is 11.9 Å².